The maximum absolute atomic E-state index is 12.2. The summed E-state index contributed by atoms with van der Waals surface area (Å²) >= 11 is 1.70. The van der Waals surface area contributed by atoms with E-state index in [1.165, 1.54) is 0 Å². The van der Waals surface area contributed by atoms with Gasteiger partial charge in [0.05, 0.1) is 11.9 Å². The Morgan fingerprint density at radius 1 is 1.26 bits per heavy atom. The van der Waals surface area contributed by atoms with Gasteiger partial charge >= 0.3 is 0 Å². The van der Waals surface area contributed by atoms with Crippen LogP contribution in [0.2, 0.25) is 0 Å². The molecule has 0 radical (unpaired) electrons. The van der Waals surface area contributed by atoms with Gasteiger partial charge in [-0.2, -0.15) is 11.8 Å². The summed E-state index contributed by atoms with van der Waals surface area (Å²) in [5.74, 6) is 2.71. The molecule has 0 unspecified atom stereocenters. The fourth-order valence-electron chi connectivity index (χ4n) is 1.86. The van der Waals surface area contributed by atoms with E-state index in [0.717, 1.165) is 34.6 Å². The minimum Gasteiger partial charge on any atom is -0.491 e. The van der Waals surface area contributed by atoms with E-state index in [1.807, 2.05) is 39.8 Å². The lowest BCUT2D eigenvalue weighted by Crippen LogP contribution is -2.10. The second-order valence-electron chi connectivity index (χ2n) is 5.07. The van der Waals surface area contributed by atoms with Crippen LogP contribution in [0.5, 0.6) is 5.75 Å². The molecule has 0 spiro atoms. The molecule has 0 aromatic heterocycles. The molecule has 1 rings (SSSR count). The van der Waals surface area contributed by atoms with Gasteiger partial charge in [0.25, 0.3) is 0 Å². The number of benzene rings is 1. The molecule has 19 heavy (non-hydrogen) atoms. The minimum atomic E-state index is 0.153. The van der Waals surface area contributed by atoms with Gasteiger partial charge in [-0.15, -0.1) is 0 Å². The van der Waals surface area contributed by atoms with Crippen molar-refractivity contribution in [2.24, 2.45) is 0 Å². The van der Waals surface area contributed by atoms with E-state index < -0.39 is 0 Å². The van der Waals surface area contributed by atoms with Gasteiger partial charge in [0, 0.05) is 5.56 Å². The van der Waals surface area contributed by atoms with E-state index in [2.05, 4.69) is 6.92 Å². The van der Waals surface area contributed by atoms with Crippen molar-refractivity contribution in [3.63, 3.8) is 0 Å². The Hall–Kier alpha value is -0.960. The third-order valence-electron chi connectivity index (χ3n) is 2.77. The van der Waals surface area contributed by atoms with Crippen LogP contribution in [-0.2, 0) is 0 Å². The summed E-state index contributed by atoms with van der Waals surface area (Å²) in [6.45, 7) is 10.1. The molecule has 106 valence electrons. The molecule has 2 nitrogen and oxygen atoms in total. The number of carbonyl (C=O) groups is 1. The molecule has 0 N–H and O–H groups in total. The maximum atomic E-state index is 12.2. The largest absolute Gasteiger partial charge is 0.491 e. The molecular formula is C16H24O2S. The fourth-order valence-corrected chi connectivity index (χ4v) is 2.63. The van der Waals surface area contributed by atoms with Crippen LogP contribution in [0.15, 0.2) is 12.1 Å². The smallest absolute Gasteiger partial charge is 0.172 e. The Labute approximate surface area is 120 Å². The van der Waals surface area contributed by atoms with Crippen molar-refractivity contribution < 1.29 is 9.53 Å². The molecule has 1 aromatic carbocycles. The number of ether oxygens (including phenoxy) is 1. The third kappa shape index (κ3) is 4.90. The molecule has 0 heterocycles. The quantitative estimate of drug-likeness (QED) is 0.546. The normalized spacial score (nSPS) is 10.8. The van der Waals surface area contributed by atoms with Gasteiger partial charge in [-0.3, -0.25) is 4.79 Å². The topological polar surface area (TPSA) is 26.3 Å². The molecule has 3 heteroatoms. The predicted octanol–water partition coefficient (Wildman–Crippen LogP) is 4.42. The van der Waals surface area contributed by atoms with Gasteiger partial charge in [-0.05, 0) is 63.1 Å². The van der Waals surface area contributed by atoms with Crippen LogP contribution in [0.1, 0.15) is 48.7 Å². The highest BCUT2D eigenvalue weighted by atomic mass is 32.2. The van der Waals surface area contributed by atoms with E-state index in [9.17, 15) is 4.79 Å². The van der Waals surface area contributed by atoms with E-state index in [4.69, 9.17) is 4.74 Å². The van der Waals surface area contributed by atoms with Crippen molar-refractivity contribution in [2.75, 3.05) is 11.5 Å². The molecule has 0 atom stereocenters. The van der Waals surface area contributed by atoms with Gasteiger partial charge in [-0.25, -0.2) is 0 Å². The Balaban J connectivity index is 2.85. The maximum Gasteiger partial charge on any atom is 0.172 e. The van der Waals surface area contributed by atoms with Crippen LogP contribution >= 0.6 is 11.8 Å². The molecule has 0 saturated carbocycles. The number of aryl methyl sites for hydroxylation is 2. The molecule has 0 fully saturated rings. The lowest BCUT2D eigenvalue weighted by atomic mass is 10.0. The number of ketones is 1. The molecule has 0 amide bonds. The van der Waals surface area contributed by atoms with Crippen LogP contribution in [0, 0.1) is 13.8 Å². The number of thioether (sulfide) groups is 1. The summed E-state index contributed by atoms with van der Waals surface area (Å²) in [6, 6.07) is 3.94. The van der Waals surface area contributed by atoms with Gasteiger partial charge in [0.1, 0.15) is 5.75 Å². The standard InChI is InChI=1S/C16H24O2S/c1-6-7-19-10-15(17)14-8-13(5)16(9-12(14)4)18-11(2)3/h8-9,11H,6-7,10H2,1-5H3. The summed E-state index contributed by atoms with van der Waals surface area (Å²) in [5.41, 5.74) is 2.86. The number of Topliss-reactive ketones (excluding diaryl/α,β-unsaturated/α-hetero) is 1. The second-order valence-corrected chi connectivity index (χ2v) is 6.18. The number of rotatable bonds is 7. The van der Waals surface area contributed by atoms with Gasteiger partial charge in [0.2, 0.25) is 0 Å². The zero-order chi connectivity index (χ0) is 14.4. The Bertz CT molecular complexity index is 439. The first-order chi connectivity index (χ1) is 8.95. The minimum absolute atomic E-state index is 0.153. The highest BCUT2D eigenvalue weighted by molar-refractivity contribution is 7.99. The fraction of sp³-hybridized carbons (Fsp3) is 0.562. The summed E-state index contributed by atoms with van der Waals surface area (Å²) in [4.78, 5) is 12.2. The van der Waals surface area contributed by atoms with Crippen LogP contribution in [0.3, 0.4) is 0 Å². The molecule has 1 aromatic rings. The number of carbonyl (C=O) groups excluding carboxylic acids is 1. The highest BCUT2D eigenvalue weighted by Gasteiger charge is 2.13. The van der Waals surface area contributed by atoms with Crippen molar-refractivity contribution in [3.8, 4) is 5.75 Å². The Morgan fingerprint density at radius 2 is 1.95 bits per heavy atom. The van der Waals surface area contributed by atoms with Crippen LogP contribution in [-0.4, -0.2) is 23.4 Å². The van der Waals surface area contributed by atoms with Crippen molar-refractivity contribution in [3.05, 3.63) is 28.8 Å². The van der Waals surface area contributed by atoms with Crippen molar-refractivity contribution in [2.45, 2.75) is 47.1 Å². The summed E-state index contributed by atoms with van der Waals surface area (Å²) in [5, 5.41) is 0. The van der Waals surface area contributed by atoms with Crippen molar-refractivity contribution in [1.82, 2.24) is 0 Å². The third-order valence-corrected chi connectivity index (χ3v) is 3.93. The number of hydrogen-bond donors (Lipinski definition) is 0. The first-order valence-electron chi connectivity index (χ1n) is 6.84. The van der Waals surface area contributed by atoms with Crippen LogP contribution in [0.4, 0.5) is 0 Å². The van der Waals surface area contributed by atoms with Crippen molar-refractivity contribution in [1.29, 1.82) is 0 Å². The molecule has 0 aliphatic carbocycles. The van der Waals surface area contributed by atoms with Gasteiger partial charge in [0.15, 0.2) is 5.78 Å². The van der Waals surface area contributed by atoms with E-state index in [0.29, 0.717) is 5.75 Å². The van der Waals surface area contributed by atoms with E-state index in [1.54, 1.807) is 11.8 Å². The lowest BCUT2D eigenvalue weighted by molar-refractivity contribution is 0.102. The van der Waals surface area contributed by atoms with Crippen LogP contribution in [0.25, 0.3) is 0 Å². The molecular weight excluding hydrogens is 256 g/mol. The molecule has 0 bridgehead atoms. The van der Waals surface area contributed by atoms with Gasteiger partial charge < -0.3 is 4.74 Å². The zero-order valence-electron chi connectivity index (χ0n) is 12.6. The lowest BCUT2D eigenvalue weighted by Gasteiger charge is -2.15. The monoisotopic (exact) mass is 280 g/mol. The van der Waals surface area contributed by atoms with E-state index in [-0.39, 0.29) is 11.9 Å². The first-order valence-corrected chi connectivity index (χ1v) is 8.00. The summed E-state index contributed by atoms with van der Waals surface area (Å²) in [6.07, 6.45) is 1.26. The first kappa shape index (κ1) is 16.1. The summed E-state index contributed by atoms with van der Waals surface area (Å²) < 4.78 is 5.74. The SMILES string of the molecule is CCCSCC(=O)c1cc(C)c(OC(C)C)cc1C. The van der Waals surface area contributed by atoms with Crippen molar-refractivity contribution >= 4 is 17.5 Å². The van der Waals surface area contributed by atoms with Crippen LogP contribution < -0.4 is 4.74 Å². The molecule has 0 aliphatic heterocycles. The Kier molecular flexibility index (Phi) is 6.43. The highest BCUT2D eigenvalue weighted by Crippen LogP contribution is 2.25. The average molecular weight is 280 g/mol. The number of hydrogen-bond acceptors (Lipinski definition) is 3. The zero-order valence-corrected chi connectivity index (χ0v) is 13.4. The Morgan fingerprint density at radius 3 is 2.53 bits per heavy atom. The van der Waals surface area contributed by atoms with E-state index >= 15 is 0 Å². The van der Waals surface area contributed by atoms with Gasteiger partial charge in [-0.1, -0.05) is 6.92 Å². The summed E-state index contributed by atoms with van der Waals surface area (Å²) in [7, 11) is 0. The second kappa shape index (κ2) is 7.59. The molecule has 0 saturated heterocycles. The average Bonchev–Trinajstić information content (AvgIpc) is 2.33. The molecule has 0 aliphatic rings. The predicted molar refractivity (Wildman–Crippen MR) is 83.6 cm³/mol.